The number of rotatable bonds is 4. The van der Waals surface area contributed by atoms with Gasteiger partial charge in [-0.1, -0.05) is 30.3 Å². The monoisotopic (exact) mass is 478 g/mol. The SMILES string of the molecule is O=C(CN1C(=O)[C@@H](C(=O)N2CCCCC2)Sc2ccccc21)N1CCN(c2ccccc2)CC1. The number of carbonyl (C=O) groups excluding carboxylic acids is 3. The van der Waals surface area contributed by atoms with Crippen LogP contribution in [0, 0.1) is 0 Å². The maximum Gasteiger partial charge on any atom is 0.250 e. The summed E-state index contributed by atoms with van der Waals surface area (Å²) >= 11 is 1.32. The molecule has 0 unspecified atom stereocenters. The van der Waals surface area contributed by atoms with Gasteiger partial charge in [0.05, 0.1) is 5.69 Å². The number of piperidine rings is 1. The number of likely N-dealkylation sites (tertiary alicyclic amines) is 1. The Kier molecular flexibility index (Phi) is 6.76. The summed E-state index contributed by atoms with van der Waals surface area (Å²) in [6.07, 6.45) is 3.08. The van der Waals surface area contributed by atoms with E-state index in [-0.39, 0.29) is 24.3 Å². The zero-order valence-electron chi connectivity index (χ0n) is 19.3. The number of benzene rings is 2. The highest BCUT2D eigenvalue weighted by Gasteiger charge is 2.41. The largest absolute Gasteiger partial charge is 0.368 e. The van der Waals surface area contributed by atoms with E-state index >= 15 is 0 Å². The van der Waals surface area contributed by atoms with E-state index in [0.29, 0.717) is 26.2 Å². The Morgan fingerprint density at radius 2 is 1.47 bits per heavy atom. The molecule has 178 valence electrons. The molecule has 2 saturated heterocycles. The van der Waals surface area contributed by atoms with Crippen molar-refractivity contribution in [1.29, 1.82) is 0 Å². The summed E-state index contributed by atoms with van der Waals surface area (Å²) in [4.78, 5) is 48.3. The highest BCUT2D eigenvalue weighted by Crippen LogP contribution is 2.40. The molecule has 1 atom stereocenters. The Labute approximate surface area is 204 Å². The van der Waals surface area contributed by atoms with Gasteiger partial charge >= 0.3 is 0 Å². The molecule has 8 heteroatoms. The summed E-state index contributed by atoms with van der Waals surface area (Å²) in [6.45, 7) is 4.11. The number of hydrogen-bond donors (Lipinski definition) is 0. The second-order valence-electron chi connectivity index (χ2n) is 8.98. The standard InChI is InChI=1S/C26H30N4O3S/c31-23(28-17-15-27(16-18-28)20-9-3-1-4-10-20)19-30-21-11-5-6-12-22(21)34-24(26(30)33)25(32)29-13-7-2-8-14-29/h1,3-6,9-12,24H,2,7-8,13-19H2/t24-/m1/s1. The lowest BCUT2D eigenvalue weighted by Crippen LogP contribution is -2.55. The molecule has 2 aromatic rings. The van der Waals surface area contributed by atoms with Crippen molar-refractivity contribution in [3.63, 3.8) is 0 Å². The van der Waals surface area contributed by atoms with Crippen LogP contribution < -0.4 is 9.80 Å². The zero-order chi connectivity index (χ0) is 23.5. The van der Waals surface area contributed by atoms with E-state index in [1.807, 2.05) is 52.3 Å². The second kappa shape index (κ2) is 10.1. The average Bonchev–Trinajstić information content (AvgIpc) is 2.90. The molecule has 3 aliphatic heterocycles. The Bertz CT molecular complexity index is 1050. The van der Waals surface area contributed by atoms with E-state index in [1.54, 1.807) is 0 Å². The molecule has 0 N–H and O–H groups in total. The number of anilines is 2. The van der Waals surface area contributed by atoms with Crippen LogP contribution in [0.1, 0.15) is 19.3 Å². The Balaban J connectivity index is 1.28. The fourth-order valence-corrected chi connectivity index (χ4v) is 6.09. The number of fused-ring (bicyclic) bond motifs is 1. The zero-order valence-corrected chi connectivity index (χ0v) is 20.1. The summed E-state index contributed by atoms with van der Waals surface area (Å²) in [7, 11) is 0. The van der Waals surface area contributed by atoms with E-state index in [1.165, 1.54) is 16.7 Å². The first-order valence-corrected chi connectivity index (χ1v) is 12.9. The molecular weight excluding hydrogens is 448 g/mol. The van der Waals surface area contributed by atoms with Crippen LogP contribution in [-0.2, 0) is 14.4 Å². The van der Waals surface area contributed by atoms with Gasteiger partial charge in [-0.3, -0.25) is 14.4 Å². The van der Waals surface area contributed by atoms with Crippen LogP contribution in [0.3, 0.4) is 0 Å². The lowest BCUT2D eigenvalue weighted by Gasteiger charge is -2.39. The van der Waals surface area contributed by atoms with Crippen molar-refractivity contribution in [2.24, 2.45) is 0 Å². The van der Waals surface area contributed by atoms with Crippen LogP contribution in [0.5, 0.6) is 0 Å². The number of hydrogen-bond acceptors (Lipinski definition) is 5. The van der Waals surface area contributed by atoms with E-state index < -0.39 is 5.25 Å². The second-order valence-corrected chi connectivity index (χ2v) is 10.1. The van der Waals surface area contributed by atoms with E-state index in [0.717, 1.165) is 48.6 Å². The lowest BCUT2D eigenvalue weighted by atomic mass is 10.1. The fraction of sp³-hybridized carbons (Fsp3) is 0.423. The molecular formula is C26H30N4O3S. The summed E-state index contributed by atoms with van der Waals surface area (Å²) in [5.74, 6) is -0.486. The van der Waals surface area contributed by atoms with Crippen LogP contribution in [-0.4, -0.2) is 78.6 Å². The quantitative estimate of drug-likeness (QED) is 0.633. The number of para-hydroxylation sites is 2. The van der Waals surface area contributed by atoms with Crippen molar-refractivity contribution in [3.8, 4) is 0 Å². The van der Waals surface area contributed by atoms with Gasteiger partial charge in [-0.15, -0.1) is 11.8 Å². The van der Waals surface area contributed by atoms with Crippen LogP contribution >= 0.6 is 11.8 Å². The Hall–Kier alpha value is -3.00. The predicted molar refractivity (Wildman–Crippen MR) is 134 cm³/mol. The summed E-state index contributed by atoms with van der Waals surface area (Å²) < 4.78 is 0. The normalized spacial score (nSPS) is 20.8. The minimum absolute atomic E-state index is 0.0362. The molecule has 7 nitrogen and oxygen atoms in total. The van der Waals surface area contributed by atoms with E-state index in [9.17, 15) is 14.4 Å². The highest BCUT2D eigenvalue weighted by molar-refractivity contribution is 8.01. The van der Waals surface area contributed by atoms with E-state index in [2.05, 4.69) is 17.0 Å². The third-order valence-electron chi connectivity index (χ3n) is 6.83. The summed E-state index contributed by atoms with van der Waals surface area (Å²) in [5.41, 5.74) is 1.88. The predicted octanol–water partition coefficient (Wildman–Crippen LogP) is 2.86. The lowest BCUT2D eigenvalue weighted by molar-refractivity contribution is -0.137. The van der Waals surface area contributed by atoms with Crippen molar-refractivity contribution in [3.05, 3.63) is 54.6 Å². The smallest absolute Gasteiger partial charge is 0.250 e. The first-order valence-electron chi connectivity index (χ1n) is 12.1. The first-order chi connectivity index (χ1) is 16.6. The van der Waals surface area contributed by atoms with Crippen LogP contribution in [0.4, 0.5) is 11.4 Å². The molecule has 3 aliphatic rings. The summed E-state index contributed by atoms with van der Waals surface area (Å²) in [6, 6.07) is 17.8. The minimum Gasteiger partial charge on any atom is -0.368 e. The van der Waals surface area contributed by atoms with Gasteiger partial charge in [0.2, 0.25) is 11.8 Å². The van der Waals surface area contributed by atoms with Crippen molar-refractivity contribution in [2.45, 2.75) is 29.4 Å². The molecule has 0 aromatic heterocycles. The Morgan fingerprint density at radius 1 is 0.794 bits per heavy atom. The maximum atomic E-state index is 13.5. The van der Waals surface area contributed by atoms with Gasteiger partial charge < -0.3 is 19.6 Å². The van der Waals surface area contributed by atoms with Crippen molar-refractivity contribution < 1.29 is 14.4 Å². The molecule has 3 amide bonds. The third kappa shape index (κ3) is 4.64. The van der Waals surface area contributed by atoms with Gasteiger partial charge in [0.25, 0.3) is 5.91 Å². The summed E-state index contributed by atoms with van der Waals surface area (Å²) in [5, 5.41) is -0.823. The topological polar surface area (TPSA) is 64.2 Å². The van der Waals surface area contributed by atoms with Gasteiger partial charge in [-0.25, -0.2) is 0 Å². The molecule has 0 bridgehead atoms. The molecule has 2 aromatic carbocycles. The first kappa shape index (κ1) is 22.8. The van der Waals surface area contributed by atoms with Gasteiger partial charge in [-0.05, 0) is 43.5 Å². The number of nitrogens with zero attached hydrogens (tertiary/aromatic N) is 4. The molecule has 2 fully saturated rings. The fourth-order valence-electron chi connectivity index (χ4n) is 4.90. The molecule has 3 heterocycles. The highest BCUT2D eigenvalue weighted by atomic mass is 32.2. The van der Waals surface area contributed by atoms with Gasteiger partial charge in [0, 0.05) is 49.9 Å². The van der Waals surface area contributed by atoms with Crippen molar-refractivity contribution in [1.82, 2.24) is 9.80 Å². The van der Waals surface area contributed by atoms with Crippen LogP contribution in [0.15, 0.2) is 59.5 Å². The number of carbonyl (C=O) groups is 3. The maximum absolute atomic E-state index is 13.5. The third-order valence-corrected chi connectivity index (χ3v) is 8.07. The molecule has 34 heavy (non-hydrogen) atoms. The Morgan fingerprint density at radius 3 is 2.21 bits per heavy atom. The van der Waals surface area contributed by atoms with Gasteiger partial charge in [-0.2, -0.15) is 0 Å². The average molecular weight is 479 g/mol. The van der Waals surface area contributed by atoms with Gasteiger partial charge in [0.1, 0.15) is 6.54 Å². The van der Waals surface area contributed by atoms with Crippen LogP contribution in [0.2, 0.25) is 0 Å². The molecule has 0 aliphatic carbocycles. The van der Waals surface area contributed by atoms with Gasteiger partial charge in [0.15, 0.2) is 5.25 Å². The molecule has 0 radical (unpaired) electrons. The molecule has 5 rings (SSSR count). The number of piperazine rings is 1. The molecule has 0 spiro atoms. The number of amides is 3. The van der Waals surface area contributed by atoms with Crippen molar-refractivity contribution in [2.75, 3.05) is 55.6 Å². The molecule has 0 saturated carbocycles. The minimum atomic E-state index is -0.823. The van der Waals surface area contributed by atoms with E-state index in [4.69, 9.17) is 0 Å². The van der Waals surface area contributed by atoms with Crippen LogP contribution in [0.25, 0.3) is 0 Å². The van der Waals surface area contributed by atoms with Crippen molar-refractivity contribution >= 4 is 40.9 Å². The number of thioether (sulfide) groups is 1.